The summed E-state index contributed by atoms with van der Waals surface area (Å²) >= 11 is 1.47. The number of hydrogen-bond acceptors (Lipinski definition) is 6. The minimum Gasteiger partial charge on any atom is -0.452 e. The summed E-state index contributed by atoms with van der Waals surface area (Å²) in [5.41, 5.74) is 7.52. The van der Waals surface area contributed by atoms with Gasteiger partial charge in [0.2, 0.25) is 0 Å². The lowest BCUT2D eigenvalue weighted by Crippen LogP contribution is -2.23. The zero-order chi connectivity index (χ0) is 21.8. The number of para-hydroxylation sites is 2. The van der Waals surface area contributed by atoms with E-state index in [1.807, 2.05) is 30.3 Å². The van der Waals surface area contributed by atoms with Crippen LogP contribution in [0, 0.1) is 0 Å². The molecular formula is C23H17N3O4S. The average Bonchev–Trinajstić information content (AvgIpc) is 3.22. The number of nitrogens with zero attached hydrogens (tertiary/aromatic N) is 1. The van der Waals surface area contributed by atoms with Gasteiger partial charge in [-0.1, -0.05) is 42.5 Å². The third kappa shape index (κ3) is 4.44. The number of thiazole rings is 1. The van der Waals surface area contributed by atoms with Gasteiger partial charge in [-0.2, -0.15) is 0 Å². The maximum Gasteiger partial charge on any atom is 0.339 e. The molecule has 0 bridgehead atoms. The number of fused-ring (bicyclic) bond motifs is 1. The fourth-order valence-corrected chi connectivity index (χ4v) is 4.04. The molecule has 0 saturated carbocycles. The summed E-state index contributed by atoms with van der Waals surface area (Å²) in [6.07, 6.45) is 0. The number of hydrogen-bond donors (Lipinski definition) is 2. The Morgan fingerprint density at radius 3 is 2.35 bits per heavy atom. The third-order valence-electron chi connectivity index (χ3n) is 4.47. The number of amides is 2. The van der Waals surface area contributed by atoms with Crippen LogP contribution in [0.3, 0.4) is 0 Å². The van der Waals surface area contributed by atoms with Gasteiger partial charge in [-0.15, -0.1) is 11.3 Å². The Morgan fingerprint density at radius 1 is 0.903 bits per heavy atom. The maximum absolute atomic E-state index is 12.7. The van der Waals surface area contributed by atoms with Crippen molar-refractivity contribution in [1.29, 1.82) is 0 Å². The molecule has 1 heterocycles. The van der Waals surface area contributed by atoms with Crippen LogP contribution in [0.4, 0.5) is 5.69 Å². The van der Waals surface area contributed by atoms with Gasteiger partial charge in [-0.05, 0) is 30.3 Å². The van der Waals surface area contributed by atoms with Gasteiger partial charge >= 0.3 is 5.97 Å². The van der Waals surface area contributed by atoms with Gasteiger partial charge in [0.1, 0.15) is 5.01 Å². The molecule has 0 aliphatic heterocycles. The molecule has 0 aliphatic rings. The van der Waals surface area contributed by atoms with Crippen LogP contribution in [0.1, 0.15) is 20.7 Å². The lowest BCUT2D eigenvalue weighted by Gasteiger charge is -2.10. The Morgan fingerprint density at radius 2 is 1.58 bits per heavy atom. The van der Waals surface area contributed by atoms with Crippen LogP contribution in [-0.2, 0) is 9.53 Å². The zero-order valence-electron chi connectivity index (χ0n) is 16.2. The Kier molecular flexibility index (Phi) is 5.72. The second-order valence-electron chi connectivity index (χ2n) is 6.57. The van der Waals surface area contributed by atoms with Gasteiger partial charge in [-0.3, -0.25) is 9.59 Å². The van der Waals surface area contributed by atoms with E-state index in [0.717, 1.165) is 10.2 Å². The van der Waals surface area contributed by atoms with Crippen LogP contribution in [-0.4, -0.2) is 29.4 Å². The van der Waals surface area contributed by atoms with Crippen molar-refractivity contribution in [2.75, 3.05) is 11.9 Å². The highest BCUT2D eigenvalue weighted by Gasteiger charge is 2.18. The smallest absolute Gasteiger partial charge is 0.339 e. The van der Waals surface area contributed by atoms with E-state index in [0.29, 0.717) is 16.1 Å². The van der Waals surface area contributed by atoms with Crippen molar-refractivity contribution >= 4 is 45.0 Å². The molecule has 2 amide bonds. The van der Waals surface area contributed by atoms with Gasteiger partial charge in [0, 0.05) is 5.56 Å². The van der Waals surface area contributed by atoms with Crippen molar-refractivity contribution in [1.82, 2.24) is 4.98 Å². The van der Waals surface area contributed by atoms with Crippen LogP contribution < -0.4 is 11.1 Å². The Bertz CT molecular complexity index is 1270. The summed E-state index contributed by atoms with van der Waals surface area (Å²) in [7, 11) is 0. The highest BCUT2D eigenvalue weighted by atomic mass is 32.1. The van der Waals surface area contributed by atoms with Gasteiger partial charge < -0.3 is 15.8 Å². The van der Waals surface area contributed by atoms with E-state index in [1.165, 1.54) is 17.4 Å². The maximum atomic E-state index is 12.7. The van der Waals surface area contributed by atoms with E-state index < -0.39 is 24.4 Å². The molecule has 4 rings (SSSR count). The molecule has 8 heteroatoms. The summed E-state index contributed by atoms with van der Waals surface area (Å²) in [4.78, 5) is 41.0. The predicted octanol–water partition coefficient (Wildman–Crippen LogP) is 3.86. The summed E-state index contributed by atoms with van der Waals surface area (Å²) in [6.45, 7) is -0.514. The molecule has 0 fully saturated rings. The van der Waals surface area contributed by atoms with Crippen LogP contribution in [0.2, 0.25) is 0 Å². The molecule has 0 saturated heterocycles. The predicted molar refractivity (Wildman–Crippen MR) is 119 cm³/mol. The first-order valence-corrected chi connectivity index (χ1v) is 10.2. The van der Waals surface area contributed by atoms with Crippen LogP contribution in [0.25, 0.3) is 20.8 Å². The number of carbonyl (C=O) groups is 3. The molecule has 31 heavy (non-hydrogen) atoms. The fourth-order valence-electron chi connectivity index (χ4n) is 3.04. The summed E-state index contributed by atoms with van der Waals surface area (Å²) in [5, 5.41) is 3.22. The van der Waals surface area contributed by atoms with E-state index in [-0.39, 0.29) is 11.3 Å². The number of esters is 1. The number of rotatable bonds is 6. The number of nitrogens with one attached hydrogen (secondary N) is 1. The number of nitrogens with two attached hydrogens (primary N) is 1. The van der Waals surface area contributed by atoms with Gasteiger partial charge in [-0.25, -0.2) is 9.78 Å². The molecule has 0 atom stereocenters. The molecule has 0 unspecified atom stereocenters. The average molecular weight is 431 g/mol. The van der Waals surface area contributed by atoms with Crippen molar-refractivity contribution in [2.45, 2.75) is 0 Å². The largest absolute Gasteiger partial charge is 0.452 e. The highest BCUT2D eigenvalue weighted by Crippen LogP contribution is 2.32. The lowest BCUT2D eigenvalue weighted by molar-refractivity contribution is -0.119. The molecule has 0 radical (unpaired) electrons. The Balaban J connectivity index is 1.48. The Hall–Kier alpha value is -4.04. The van der Waals surface area contributed by atoms with E-state index in [4.69, 9.17) is 10.5 Å². The lowest BCUT2D eigenvalue weighted by atomic mass is 10.1. The first-order valence-electron chi connectivity index (χ1n) is 9.33. The number of carbonyl (C=O) groups excluding carboxylic acids is 3. The van der Waals surface area contributed by atoms with Crippen LogP contribution >= 0.6 is 11.3 Å². The molecule has 4 aromatic rings. The molecule has 154 valence electrons. The van der Waals surface area contributed by atoms with Crippen molar-refractivity contribution in [2.24, 2.45) is 5.73 Å². The van der Waals surface area contributed by atoms with E-state index in [2.05, 4.69) is 10.3 Å². The van der Waals surface area contributed by atoms with Crippen LogP contribution in [0.5, 0.6) is 0 Å². The van der Waals surface area contributed by atoms with Crippen molar-refractivity contribution in [3.8, 4) is 10.6 Å². The fraction of sp³-hybridized carbons (Fsp3) is 0.0435. The molecule has 3 aromatic carbocycles. The topological polar surface area (TPSA) is 111 Å². The van der Waals surface area contributed by atoms with E-state index in [1.54, 1.807) is 36.4 Å². The van der Waals surface area contributed by atoms with Gasteiger partial charge in [0.05, 0.1) is 27.0 Å². The minimum atomic E-state index is -0.669. The number of primary amides is 1. The second-order valence-corrected chi connectivity index (χ2v) is 7.60. The third-order valence-corrected chi connectivity index (χ3v) is 5.54. The quantitative estimate of drug-likeness (QED) is 0.450. The molecule has 0 aliphatic carbocycles. The molecular weight excluding hydrogens is 414 g/mol. The number of benzene rings is 3. The van der Waals surface area contributed by atoms with Gasteiger partial charge in [0.25, 0.3) is 11.8 Å². The molecule has 7 nitrogen and oxygen atoms in total. The summed E-state index contributed by atoms with van der Waals surface area (Å²) in [6, 6.07) is 21.0. The van der Waals surface area contributed by atoms with Crippen molar-refractivity contribution < 1.29 is 19.1 Å². The van der Waals surface area contributed by atoms with Crippen LogP contribution in [0.15, 0.2) is 72.8 Å². The minimum absolute atomic E-state index is 0.170. The monoisotopic (exact) mass is 431 g/mol. The SMILES string of the molecule is NC(=O)c1ccccc1NC(=O)COC(=O)c1ccccc1-c1nc2ccccc2s1. The number of ether oxygens (including phenoxy) is 1. The Labute approximate surface area is 181 Å². The number of aromatic nitrogens is 1. The second kappa shape index (κ2) is 8.76. The highest BCUT2D eigenvalue weighted by molar-refractivity contribution is 7.21. The summed E-state index contributed by atoms with van der Waals surface area (Å²) < 4.78 is 6.22. The molecule has 0 spiro atoms. The van der Waals surface area contributed by atoms with Crippen molar-refractivity contribution in [3.05, 3.63) is 83.9 Å². The van der Waals surface area contributed by atoms with Crippen molar-refractivity contribution in [3.63, 3.8) is 0 Å². The number of anilines is 1. The first kappa shape index (κ1) is 20.2. The normalized spacial score (nSPS) is 10.6. The van der Waals surface area contributed by atoms with Gasteiger partial charge in [0.15, 0.2) is 6.61 Å². The zero-order valence-corrected chi connectivity index (χ0v) is 17.0. The molecule has 1 aromatic heterocycles. The van der Waals surface area contributed by atoms with E-state index in [9.17, 15) is 14.4 Å². The first-order chi connectivity index (χ1) is 15.0. The van der Waals surface area contributed by atoms with E-state index >= 15 is 0 Å². The summed E-state index contributed by atoms with van der Waals surface area (Å²) in [5.74, 6) is -1.90. The standard InChI is InChI=1S/C23H17N3O4S/c24-21(28)16-9-3-4-10-17(16)25-20(27)13-30-23(29)15-8-2-1-7-14(15)22-26-18-11-5-6-12-19(18)31-22/h1-12H,13H2,(H2,24,28)(H,25,27). The molecule has 3 N–H and O–H groups in total.